The van der Waals surface area contributed by atoms with Gasteiger partial charge < -0.3 is 0 Å². The van der Waals surface area contributed by atoms with Gasteiger partial charge in [0.2, 0.25) is 0 Å². The number of nitrogens with zero attached hydrogens (tertiary/aromatic N) is 1. The minimum Gasteiger partial charge on any atom is -0.261 e. The van der Waals surface area contributed by atoms with Gasteiger partial charge in [0.25, 0.3) is 0 Å². The Morgan fingerprint density at radius 2 is 2.22 bits per heavy atom. The number of hydrogen-bond acceptors (Lipinski definition) is 1. The van der Waals surface area contributed by atoms with E-state index in [1.54, 1.807) is 0 Å². The summed E-state index contributed by atoms with van der Waals surface area (Å²) < 4.78 is 0. The average Bonchev–Trinajstić information content (AvgIpc) is 1.90. The Labute approximate surface area is 67.7 Å². The van der Waals surface area contributed by atoms with E-state index in [1.807, 2.05) is 24.4 Å². The molecule has 1 heterocycles. The summed E-state index contributed by atoms with van der Waals surface area (Å²) in [6.07, 6.45) is 2.85. The van der Waals surface area contributed by atoms with E-state index in [0.29, 0.717) is 0 Å². The Kier molecular flexibility index (Phi) is 4.48. The molecule has 0 aromatic carbocycles. The normalized spacial score (nSPS) is 8.11. The predicted octanol–water partition coefficient (Wildman–Crippen LogP) is 1.26. The van der Waals surface area contributed by atoms with Gasteiger partial charge >= 0.3 is 0 Å². The zero-order valence-corrected chi connectivity index (χ0v) is 5.96. The van der Waals surface area contributed by atoms with Gasteiger partial charge in [-0.1, -0.05) is 13.0 Å². The quantitative estimate of drug-likeness (QED) is 0.501. The summed E-state index contributed by atoms with van der Waals surface area (Å²) in [4.78, 5) is 4.10. The van der Waals surface area contributed by atoms with Crippen molar-refractivity contribution in [2.75, 3.05) is 0 Å². The molecule has 1 radical (unpaired) electrons. The Morgan fingerprint density at radius 1 is 1.44 bits per heavy atom. The largest absolute Gasteiger partial charge is 0.261 e. The minimum atomic E-state index is 0. The molecule has 0 unspecified atom stereocenters. The van der Waals surface area contributed by atoms with Crippen molar-refractivity contribution < 1.29 is 0 Å². The van der Waals surface area contributed by atoms with E-state index in [9.17, 15) is 0 Å². The van der Waals surface area contributed by atoms with Crippen molar-refractivity contribution >= 4 is 18.9 Å². The third-order valence-corrected chi connectivity index (χ3v) is 1.09. The van der Waals surface area contributed by atoms with Crippen LogP contribution < -0.4 is 0 Å². The van der Waals surface area contributed by atoms with Gasteiger partial charge in [0.15, 0.2) is 0 Å². The second-order valence-corrected chi connectivity index (χ2v) is 1.67. The molecule has 43 valence electrons. The van der Waals surface area contributed by atoms with E-state index < -0.39 is 0 Å². The first-order valence-corrected chi connectivity index (χ1v) is 2.83. The Hall–Kier alpha value is -0.253. The van der Waals surface area contributed by atoms with Crippen molar-refractivity contribution in [1.29, 1.82) is 0 Å². The maximum atomic E-state index is 4.10. The van der Waals surface area contributed by atoms with Gasteiger partial charge in [-0.15, -0.1) is 0 Å². The molecule has 1 aromatic heterocycles. The zero-order valence-electron chi connectivity index (χ0n) is 5.96. The smallest absolute Gasteiger partial charge is 0.0400 e. The van der Waals surface area contributed by atoms with E-state index in [-0.39, 0.29) is 18.9 Å². The third kappa shape index (κ3) is 2.69. The summed E-state index contributed by atoms with van der Waals surface area (Å²) in [7, 11) is 0. The van der Waals surface area contributed by atoms with Crippen molar-refractivity contribution in [3.63, 3.8) is 0 Å². The van der Waals surface area contributed by atoms with E-state index in [0.717, 1.165) is 12.1 Å². The van der Waals surface area contributed by atoms with Crippen LogP contribution in [0.3, 0.4) is 0 Å². The third-order valence-electron chi connectivity index (χ3n) is 1.09. The van der Waals surface area contributed by atoms with E-state index in [2.05, 4.69) is 11.9 Å². The zero-order chi connectivity index (χ0) is 5.82. The summed E-state index contributed by atoms with van der Waals surface area (Å²) in [5, 5.41) is 0. The van der Waals surface area contributed by atoms with Gasteiger partial charge in [-0.25, -0.2) is 0 Å². The number of hydrogen-bond donors (Lipinski definition) is 0. The van der Waals surface area contributed by atoms with E-state index >= 15 is 0 Å². The summed E-state index contributed by atoms with van der Waals surface area (Å²) >= 11 is 0. The summed E-state index contributed by atoms with van der Waals surface area (Å²) in [5.74, 6) is 0. The first-order chi connectivity index (χ1) is 3.93. The standard InChI is InChI=1S/C7H9N.Li/c1-2-7-5-3-4-6-8-7;/h3-6H,2H2,1H3;. The van der Waals surface area contributed by atoms with Crippen molar-refractivity contribution in [2.24, 2.45) is 0 Å². The van der Waals surface area contributed by atoms with Gasteiger partial charge in [-0.05, 0) is 18.6 Å². The van der Waals surface area contributed by atoms with Crippen LogP contribution in [0.15, 0.2) is 24.4 Å². The van der Waals surface area contributed by atoms with Gasteiger partial charge in [0, 0.05) is 30.8 Å². The van der Waals surface area contributed by atoms with Crippen LogP contribution in [0.1, 0.15) is 12.6 Å². The second kappa shape index (κ2) is 4.61. The first kappa shape index (κ1) is 8.75. The van der Waals surface area contributed by atoms with Gasteiger partial charge in [-0.3, -0.25) is 4.98 Å². The maximum absolute atomic E-state index is 4.10. The van der Waals surface area contributed by atoms with Crippen LogP contribution in [0.2, 0.25) is 0 Å². The van der Waals surface area contributed by atoms with Crippen LogP contribution in [0.5, 0.6) is 0 Å². The molecule has 2 heteroatoms. The van der Waals surface area contributed by atoms with Gasteiger partial charge in [0.1, 0.15) is 0 Å². The van der Waals surface area contributed by atoms with Crippen LogP contribution in [0, 0.1) is 0 Å². The molecule has 0 fully saturated rings. The fraction of sp³-hybridized carbons (Fsp3) is 0.286. The molecule has 0 aliphatic heterocycles. The Morgan fingerprint density at radius 3 is 2.56 bits per heavy atom. The fourth-order valence-corrected chi connectivity index (χ4v) is 0.607. The molecule has 1 rings (SSSR count). The minimum absolute atomic E-state index is 0. The van der Waals surface area contributed by atoms with Crippen molar-refractivity contribution in [2.45, 2.75) is 13.3 Å². The molecule has 0 saturated carbocycles. The van der Waals surface area contributed by atoms with E-state index in [1.165, 1.54) is 0 Å². The molecule has 0 aliphatic rings. The predicted molar refractivity (Wildman–Crippen MR) is 39.4 cm³/mol. The van der Waals surface area contributed by atoms with E-state index in [4.69, 9.17) is 0 Å². The molecule has 0 spiro atoms. The molecular formula is C7H9LiN. The van der Waals surface area contributed by atoms with Crippen LogP contribution in [0.4, 0.5) is 0 Å². The van der Waals surface area contributed by atoms with Crippen molar-refractivity contribution in [3.8, 4) is 0 Å². The summed E-state index contributed by atoms with van der Waals surface area (Å²) in [6, 6.07) is 5.96. The number of aryl methyl sites for hydroxylation is 1. The van der Waals surface area contributed by atoms with Crippen LogP contribution in [0.25, 0.3) is 0 Å². The summed E-state index contributed by atoms with van der Waals surface area (Å²) in [5.41, 5.74) is 1.16. The SMILES string of the molecule is CCc1ccccn1.[Li]. The van der Waals surface area contributed by atoms with Crippen LogP contribution in [-0.2, 0) is 6.42 Å². The van der Waals surface area contributed by atoms with Crippen molar-refractivity contribution in [1.82, 2.24) is 4.98 Å². The molecule has 0 aliphatic carbocycles. The Balaban J connectivity index is 0.000000640. The molecule has 0 amide bonds. The van der Waals surface area contributed by atoms with Crippen LogP contribution in [-0.4, -0.2) is 23.8 Å². The van der Waals surface area contributed by atoms with Gasteiger partial charge in [-0.2, -0.15) is 0 Å². The number of rotatable bonds is 1. The maximum Gasteiger partial charge on any atom is 0.0400 e. The molecule has 0 saturated heterocycles. The number of aromatic nitrogens is 1. The molecule has 1 nitrogen and oxygen atoms in total. The Bertz CT molecular complexity index is 150. The monoisotopic (exact) mass is 114 g/mol. The topological polar surface area (TPSA) is 12.9 Å². The van der Waals surface area contributed by atoms with Crippen LogP contribution >= 0.6 is 0 Å². The molecule has 0 bridgehead atoms. The second-order valence-electron chi connectivity index (χ2n) is 1.67. The molecule has 9 heavy (non-hydrogen) atoms. The number of pyridine rings is 1. The summed E-state index contributed by atoms with van der Waals surface area (Å²) in [6.45, 7) is 2.10. The molecular weight excluding hydrogens is 105 g/mol. The van der Waals surface area contributed by atoms with Crippen molar-refractivity contribution in [3.05, 3.63) is 30.1 Å². The fourth-order valence-electron chi connectivity index (χ4n) is 0.607. The molecule has 1 aromatic rings. The van der Waals surface area contributed by atoms with Gasteiger partial charge in [0.05, 0.1) is 0 Å². The molecule has 0 N–H and O–H groups in total. The average molecular weight is 114 g/mol. The first-order valence-electron chi connectivity index (χ1n) is 2.83. The molecule has 0 atom stereocenters.